The van der Waals surface area contributed by atoms with Crippen molar-refractivity contribution in [2.45, 2.75) is 32.4 Å². The monoisotopic (exact) mass is 238 g/mol. The third kappa shape index (κ3) is 4.40. The summed E-state index contributed by atoms with van der Waals surface area (Å²) in [6.45, 7) is 3.84. The molecular formula is C12H18N2O3. The van der Waals surface area contributed by atoms with Crippen LogP contribution in [0.15, 0.2) is 18.3 Å². The van der Waals surface area contributed by atoms with E-state index in [-0.39, 0.29) is 6.04 Å². The van der Waals surface area contributed by atoms with Gasteiger partial charge in [-0.3, -0.25) is 4.79 Å². The highest BCUT2D eigenvalue weighted by Crippen LogP contribution is 2.11. The van der Waals surface area contributed by atoms with E-state index < -0.39 is 12.0 Å². The number of carbonyl (C=O) groups is 1. The van der Waals surface area contributed by atoms with Gasteiger partial charge in [0.1, 0.15) is 6.04 Å². The second-order valence-corrected chi connectivity index (χ2v) is 4.12. The number of nitrogens with zero attached hydrogens (tertiary/aromatic N) is 1. The van der Waals surface area contributed by atoms with Gasteiger partial charge in [-0.25, -0.2) is 4.98 Å². The fourth-order valence-electron chi connectivity index (χ4n) is 1.54. The Balaban J connectivity index is 2.74. The molecule has 0 bridgehead atoms. The molecule has 0 saturated heterocycles. The van der Waals surface area contributed by atoms with Crippen LogP contribution in [0.4, 0.5) is 0 Å². The molecule has 0 amide bonds. The Kier molecular flexibility index (Phi) is 4.90. The summed E-state index contributed by atoms with van der Waals surface area (Å²) in [5, 5.41) is 12.1. The minimum atomic E-state index is -0.852. The van der Waals surface area contributed by atoms with Gasteiger partial charge >= 0.3 is 5.97 Å². The third-order valence-electron chi connectivity index (χ3n) is 2.28. The van der Waals surface area contributed by atoms with Crippen molar-refractivity contribution in [1.29, 1.82) is 0 Å². The number of rotatable bonds is 6. The number of carboxylic acid groups (broad SMARTS) is 1. The van der Waals surface area contributed by atoms with Crippen LogP contribution in [0, 0.1) is 0 Å². The summed E-state index contributed by atoms with van der Waals surface area (Å²) >= 11 is 0. The lowest BCUT2D eigenvalue weighted by molar-refractivity contribution is -0.139. The van der Waals surface area contributed by atoms with Crippen molar-refractivity contribution in [3.05, 3.63) is 23.9 Å². The zero-order valence-electron chi connectivity index (χ0n) is 10.3. The fraction of sp³-hybridized carbons (Fsp3) is 0.500. The van der Waals surface area contributed by atoms with Gasteiger partial charge in [-0.2, -0.15) is 0 Å². The Morgan fingerprint density at radius 1 is 1.59 bits per heavy atom. The second kappa shape index (κ2) is 6.20. The van der Waals surface area contributed by atoms with E-state index in [1.807, 2.05) is 13.8 Å². The normalized spacial score (nSPS) is 12.5. The summed E-state index contributed by atoms with van der Waals surface area (Å²) in [6, 6.07) is 3.07. The quantitative estimate of drug-likeness (QED) is 0.776. The molecule has 1 heterocycles. The summed E-state index contributed by atoms with van der Waals surface area (Å²) in [5.74, 6) is -0.356. The lowest BCUT2D eigenvalue weighted by Crippen LogP contribution is -2.42. The van der Waals surface area contributed by atoms with Crippen molar-refractivity contribution in [3.8, 4) is 5.88 Å². The van der Waals surface area contributed by atoms with E-state index in [0.717, 1.165) is 5.56 Å². The van der Waals surface area contributed by atoms with Gasteiger partial charge in [-0.1, -0.05) is 13.8 Å². The number of methoxy groups -OCH3 is 1. The van der Waals surface area contributed by atoms with E-state index in [4.69, 9.17) is 9.84 Å². The molecule has 0 spiro atoms. The van der Waals surface area contributed by atoms with Crippen molar-refractivity contribution in [2.24, 2.45) is 0 Å². The van der Waals surface area contributed by atoms with Crippen LogP contribution in [-0.4, -0.2) is 35.3 Å². The minimum Gasteiger partial charge on any atom is -0.481 e. The number of nitrogens with one attached hydrogen (secondary N) is 1. The molecule has 1 unspecified atom stereocenters. The van der Waals surface area contributed by atoms with Gasteiger partial charge < -0.3 is 15.2 Å². The Hall–Kier alpha value is -1.62. The molecule has 2 N–H and O–H groups in total. The molecule has 1 atom stereocenters. The molecule has 5 nitrogen and oxygen atoms in total. The molecule has 1 rings (SSSR count). The molecular weight excluding hydrogens is 220 g/mol. The molecule has 0 aliphatic heterocycles. The number of pyridine rings is 1. The van der Waals surface area contributed by atoms with Crippen LogP contribution < -0.4 is 10.1 Å². The first kappa shape index (κ1) is 13.4. The lowest BCUT2D eigenvalue weighted by Gasteiger charge is -2.17. The first-order valence-electron chi connectivity index (χ1n) is 5.50. The van der Waals surface area contributed by atoms with E-state index >= 15 is 0 Å². The first-order valence-corrected chi connectivity index (χ1v) is 5.50. The van der Waals surface area contributed by atoms with E-state index in [0.29, 0.717) is 12.3 Å². The predicted octanol–water partition coefficient (Wildman–Crippen LogP) is 1.08. The number of aromatic nitrogens is 1. The van der Waals surface area contributed by atoms with Crippen LogP contribution >= 0.6 is 0 Å². The number of ether oxygens (including phenoxy) is 1. The largest absolute Gasteiger partial charge is 0.481 e. The summed E-state index contributed by atoms with van der Waals surface area (Å²) in [4.78, 5) is 15.1. The van der Waals surface area contributed by atoms with Gasteiger partial charge in [0.25, 0.3) is 0 Å². The van der Waals surface area contributed by atoms with E-state index in [1.165, 1.54) is 7.11 Å². The van der Waals surface area contributed by atoms with Gasteiger partial charge in [-0.15, -0.1) is 0 Å². The maximum Gasteiger partial charge on any atom is 0.321 e. The van der Waals surface area contributed by atoms with Gasteiger partial charge in [0.2, 0.25) is 5.88 Å². The molecule has 0 aliphatic carbocycles. The zero-order valence-corrected chi connectivity index (χ0v) is 10.3. The van der Waals surface area contributed by atoms with E-state index in [2.05, 4.69) is 10.3 Å². The van der Waals surface area contributed by atoms with Crippen LogP contribution in [-0.2, 0) is 11.2 Å². The van der Waals surface area contributed by atoms with Crippen LogP contribution in [0.5, 0.6) is 5.88 Å². The summed E-state index contributed by atoms with van der Waals surface area (Å²) in [7, 11) is 1.53. The van der Waals surface area contributed by atoms with Crippen molar-refractivity contribution in [3.63, 3.8) is 0 Å². The Morgan fingerprint density at radius 3 is 2.82 bits per heavy atom. The van der Waals surface area contributed by atoms with Gasteiger partial charge in [-0.05, 0) is 18.1 Å². The molecule has 0 aromatic carbocycles. The molecule has 0 fully saturated rings. The Labute approximate surface area is 101 Å². The van der Waals surface area contributed by atoms with Gasteiger partial charge in [0.15, 0.2) is 0 Å². The molecule has 17 heavy (non-hydrogen) atoms. The molecule has 0 aliphatic rings. The van der Waals surface area contributed by atoms with E-state index in [9.17, 15) is 4.79 Å². The summed E-state index contributed by atoms with van der Waals surface area (Å²) in [5.41, 5.74) is 0.886. The minimum absolute atomic E-state index is 0.125. The highest BCUT2D eigenvalue weighted by atomic mass is 16.5. The Bertz CT molecular complexity index is 380. The standard InChI is InChI=1S/C12H18N2O3/c1-8(2)14-10(12(15)16)6-9-4-5-13-11(7-9)17-3/h4-5,7-8,10,14H,6H2,1-3H3,(H,15,16). The van der Waals surface area contributed by atoms with Crippen molar-refractivity contribution >= 4 is 5.97 Å². The van der Waals surface area contributed by atoms with Crippen LogP contribution in [0.25, 0.3) is 0 Å². The van der Waals surface area contributed by atoms with Crippen molar-refractivity contribution < 1.29 is 14.6 Å². The van der Waals surface area contributed by atoms with Gasteiger partial charge in [0, 0.05) is 18.3 Å². The maximum atomic E-state index is 11.1. The number of carboxylic acids is 1. The zero-order chi connectivity index (χ0) is 12.8. The average Bonchev–Trinajstić information content (AvgIpc) is 2.27. The van der Waals surface area contributed by atoms with E-state index in [1.54, 1.807) is 18.3 Å². The molecule has 1 aromatic rings. The number of hydrogen-bond acceptors (Lipinski definition) is 4. The molecule has 0 saturated carbocycles. The summed E-state index contributed by atoms with van der Waals surface area (Å²) in [6.07, 6.45) is 2.02. The highest BCUT2D eigenvalue weighted by molar-refractivity contribution is 5.74. The first-order chi connectivity index (χ1) is 8.02. The van der Waals surface area contributed by atoms with Crippen molar-refractivity contribution in [1.82, 2.24) is 10.3 Å². The second-order valence-electron chi connectivity index (χ2n) is 4.12. The molecule has 1 aromatic heterocycles. The van der Waals surface area contributed by atoms with Gasteiger partial charge in [0.05, 0.1) is 7.11 Å². The number of aliphatic carboxylic acids is 1. The van der Waals surface area contributed by atoms with Crippen LogP contribution in [0.2, 0.25) is 0 Å². The highest BCUT2D eigenvalue weighted by Gasteiger charge is 2.18. The molecule has 0 radical (unpaired) electrons. The predicted molar refractivity (Wildman–Crippen MR) is 64.2 cm³/mol. The fourth-order valence-corrected chi connectivity index (χ4v) is 1.54. The van der Waals surface area contributed by atoms with Crippen LogP contribution in [0.1, 0.15) is 19.4 Å². The Morgan fingerprint density at radius 2 is 2.29 bits per heavy atom. The van der Waals surface area contributed by atoms with Crippen LogP contribution in [0.3, 0.4) is 0 Å². The molecule has 94 valence electrons. The smallest absolute Gasteiger partial charge is 0.321 e. The average molecular weight is 238 g/mol. The lowest BCUT2D eigenvalue weighted by atomic mass is 10.1. The third-order valence-corrected chi connectivity index (χ3v) is 2.28. The summed E-state index contributed by atoms with van der Waals surface area (Å²) < 4.78 is 5.00. The number of hydrogen-bond donors (Lipinski definition) is 2. The SMILES string of the molecule is COc1cc(CC(NC(C)C)C(=O)O)ccn1. The maximum absolute atomic E-state index is 11.1. The van der Waals surface area contributed by atoms with Crippen molar-refractivity contribution in [2.75, 3.05) is 7.11 Å². The molecule has 5 heteroatoms. The topological polar surface area (TPSA) is 71.5 Å².